The Morgan fingerprint density at radius 3 is 2.86 bits per heavy atom. The van der Waals surface area contributed by atoms with E-state index in [2.05, 4.69) is 0 Å². The number of likely N-dealkylation sites (tertiary alicyclic amines) is 1. The van der Waals surface area contributed by atoms with Crippen LogP contribution in [0.2, 0.25) is 0 Å². The molecule has 0 spiro atoms. The number of carbonyl (C=O) groups excluding carboxylic acids is 1. The second-order valence-corrected chi connectivity index (χ2v) is 7.20. The number of carboxylic acid groups (broad SMARTS) is 1. The molecule has 1 aromatic rings. The molecule has 1 aromatic heterocycles. The van der Waals surface area contributed by atoms with Gasteiger partial charge in [0.15, 0.2) is 0 Å². The summed E-state index contributed by atoms with van der Waals surface area (Å²) in [7, 11) is 0. The summed E-state index contributed by atoms with van der Waals surface area (Å²) in [5, 5.41) is 9.69. The molecule has 0 saturated carbocycles. The predicted molar refractivity (Wildman–Crippen MR) is 81.9 cm³/mol. The van der Waals surface area contributed by atoms with Crippen molar-refractivity contribution < 1.29 is 14.7 Å². The van der Waals surface area contributed by atoms with Crippen molar-refractivity contribution in [3.8, 4) is 0 Å². The minimum Gasteiger partial charge on any atom is -0.479 e. The highest BCUT2D eigenvalue weighted by molar-refractivity contribution is 7.14. The van der Waals surface area contributed by atoms with Crippen molar-refractivity contribution in [2.75, 3.05) is 6.54 Å². The van der Waals surface area contributed by atoms with Crippen LogP contribution in [0.5, 0.6) is 0 Å². The molecule has 21 heavy (non-hydrogen) atoms. The predicted octanol–water partition coefficient (Wildman–Crippen LogP) is 3.10. The number of fused-ring (bicyclic) bond motifs is 1. The first-order valence-corrected chi connectivity index (χ1v) is 8.57. The van der Waals surface area contributed by atoms with Crippen molar-refractivity contribution >= 4 is 23.2 Å². The van der Waals surface area contributed by atoms with Crippen LogP contribution < -0.4 is 0 Å². The minimum absolute atomic E-state index is 0.0808. The molecule has 2 aliphatic rings. The fraction of sp³-hybridized carbons (Fsp3) is 0.625. The molecule has 1 atom stereocenters. The first kappa shape index (κ1) is 14.6. The van der Waals surface area contributed by atoms with Gasteiger partial charge < -0.3 is 10.0 Å². The fourth-order valence-corrected chi connectivity index (χ4v) is 4.95. The zero-order valence-electron chi connectivity index (χ0n) is 12.4. The number of nitrogens with zero attached hydrogens (tertiary/aromatic N) is 1. The summed E-state index contributed by atoms with van der Waals surface area (Å²) < 4.78 is 0. The number of aryl methyl sites for hydroxylation is 2. The molecule has 1 aliphatic carbocycles. The highest BCUT2D eigenvalue weighted by atomic mass is 32.1. The third-order valence-electron chi connectivity index (χ3n) is 4.75. The first-order chi connectivity index (χ1) is 10.1. The standard InChI is InChI=1S/C16H21NO3S/c1-2-7-16(15(19)20)8-4-9-17(16)14(18)13-10-11-5-3-6-12(11)21-13/h10H,2-9H2,1H3,(H,19,20). The van der Waals surface area contributed by atoms with Gasteiger partial charge in [0.25, 0.3) is 5.91 Å². The van der Waals surface area contributed by atoms with Crippen molar-refractivity contribution in [3.63, 3.8) is 0 Å². The van der Waals surface area contributed by atoms with E-state index in [1.807, 2.05) is 13.0 Å². The Morgan fingerprint density at radius 1 is 1.38 bits per heavy atom. The van der Waals surface area contributed by atoms with Crippen LogP contribution in [0, 0.1) is 0 Å². The van der Waals surface area contributed by atoms with E-state index >= 15 is 0 Å². The van der Waals surface area contributed by atoms with E-state index in [-0.39, 0.29) is 5.91 Å². The average Bonchev–Trinajstić information content (AvgIpc) is 3.11. The number of carboxylic acids is 1. The third-order valence-corrected chi connectivity index (χ3v) is 5.98. The molecule has 3 rings (SSSR count). The van der Waals surface area contributed by atoms with Crippen LogP contribution >= 0.6 is 11.3 Å². The molecule has 4 nitrogen and oxygen atoms in total. The molecule has 114 valence electrons. The molecule has 1 fully saturated rings. The van der Waals surface area contributed by atoms with Crippen LogP contribution in [0.3, 0.4) is 0 Å². The Labute approximate surface area is 128 Å². The van der Waals surface area contributed by atoms with Gasteiger partial charge in [-0.2, -0.15) is 0 Å². The molecule has 1 aliphatic heterocycles. The number of rotatable bonds is 4. The van der Waals surface area contributed by atoms with Crippen LogP contribution in [0.15, 0.2) is 6.07 Å². The SMILES string of the molecule is CCCC1(C(=O)O)CCCN1C(=O)c1cc2c(s1)CCC2. The van der Waals surface area contributed by atoms with Crippen LogP contribution in [-0.2, 0) is 17.6 Å². The van der Waals surface area contributed by atoms with Crippen LogP contribution in [0.25, 0.3) is 0 Å². The second-order valence-electron chi connectivity index (χ2n) is 6.06. The Hall–Kier alpha value is -1.36. The maximum Gasteiger partial charge on any atom is 0.329 e. The third kappa shape index (κ3) is 2.27. The van der Waals surface area contributed by atoms with Crippen molar-refractivity contribution in [2.24, 2.45) is 0 Å². The summed E-state index contributed by atoms with van der Waals surface area (Å²) in [5.41, 5.74) is 0.305. The van der Waals surface area contributed by atoms with Crippen LogP contribution in [0.4, 0.5) is 0 Å². The van der Waals surface area contributed by atoms with Gasteiger partial charge in [-0.25, -0.2) is 4.79 Å². The Balaban J connectivity index is 1.90. The first-order valence-electron chi connectivity index (χ1n) is 7.75. The molecular formula is C16H21NO3S. The van der Waals surface area contributed by atoms with E-state index in [0.717, 1.165) is 30.6 Å². The molecule has 1 unspecified atom stereocenters. The lowest BCUT2D eigenvalue weighted by molar-refractivity contribution is -0.148. The van der Waals surface area contributed by atoms with Gasteiger partial charge in [-0.1, -0.05) is 13.3 Å². The number of amides is 1. The molecular weight excluding hydrogens is 286 g/mol. The molecule has 5 heteroatoms. The topological polar surface area (TPSA) is 57.6 Å². The lowest BCUT2D eigenvalue weighted by atomic mass is 9.90. The summed E-state index contributed by atoms with van der Waals surface area (Å²) in [6.07, 6.45) is 5.96. The summed E-state index contributed by atoms with van der Waals surface area (Å²) in [4.78, 5) is 28.3. The average molecular weight is 307 g/mol. The van der Waals surface area contributed by atoms with Crippen molar-refractivity contribution in [1.82, 2.24) is 4.90 Å². The number of carbonyl (C=O) groups is 2. The number of aliphatic carboxylic acids is 1. The largest absolute Gasteiger partial charge is 0.479 e. The summed E-state index contributed by atoms with van der Waals surface area (Å²) >= 11 is 1.56. The smallest absolute Gasteiger partial charge is 0.329 e. The van der Waals surface area contributed by atoms with E-state index in [1.165, 1.54) is 16.9 Å². The lowest BCUT2D eigenvalue weighted by Crippen LogP contribution is -2.52. The van der Waals surface area contributed by atoms with Crippen LogP contribution in [0.1, 0.15) is 59.1 Å². The van der Waals surface area contributed by atoms with Gasteiger partial charge in [0.2, 0.25) is 0 Å². The summed E-state index contributed by atoms with van der Waals surface area (Å²) in [6, 6.07) is 1.99. The van der Waals surface area contributed by atoms with Gasteiger partial charge >= 0.3 is 5.97 Å². The van der Waals surface area contributed by atoms with E-state index in [9.17, 15) is 14.7 Å². The maximum atomic E-state index is 12.8. The fourth-order valence-electron chi connectivity index (χ4n) is 3.74. The Bertz CT molecular complexity index is 559. The minimum atomic E-state index is -0.986. The van der Waals surface area contributed by atoms with Gasteiger partial charge in [0.05, 0.1) is 4.88 Å². The maximum absolute atomic E-state index is 12.8. The lowest BCUT2D eigenvalue weighted by Gasteiger charge is -2.34. The molecule has 1 N–H and O–H groups in total. The monoisotopic (exact) mass is 307 g/mol. The van der Waals surface area contributed by atoms with Crippen molar-refractivity contribution in [1.29, 1.82) is 0 Å². The number of hydrogen-bond acceptors (Lipinski definition) is 3. The quantitative estimate of drug-likeness (QED) is 0.930. The highest BCUT2D eigenvalue weighted by Gasteiger charge is 2.49. The number of hydrogen-bond donors (Lipinski definition) is 1. The van der Waals surface area contributed by atoms with Gasteiger partial charge in [0.1, 0.15) is 5.54 Å². The van der Waals surface area contributed by atoms with Gasteiger partial charge in [-0.15, -0.1) is 11.3 Å². The van der Waals surface area contributed by atoms with E-state index < -0.39 is 11.5 Å². The van der Waals surface area contributed by atoms with Crippen molar-refractivity contribution in [3.05, 3.63) is 21.4 Å². The molecule has 2 heterocycles. The van der Waals surface area contributed by atoms with Crippen LogP contribution in [-0.4, -0.2) is 34.0 Å². The Kier molecular flexibility index (Phi) is 3.78. The zero-order valence-corrected chi connectivity index (χ0v) is 13.2. The highest BCUT2D eigenvalue weighted by Crippen LogP contribution is 2.38. The van der Waals surface area contributed by atoms with Gasteiger partial charge in [0, 0.05) is 11.4 Å². The van der Waals surface area contributed by atoms with Gasteiger partial charge in [-0.05, 0) is 50.2 Å². The number of thiophene rings is 1. The molecule has 1 saturated heterocycles. The second kappa shape index (κ2) is 5.44. The normalized spacial score (nSPS) is 24.3. The molecule has 0 radical (unpaired) electrons. The van der Waals surface area contributed by atoms with E-state index in [0.29, 0.717) is 19.4 Å². The van der Waals surface area contributed by atoms with E-state index in [4.69, 9.17) is 0 Å². The molecule has 0 bridgehead atoms. The summed E-state index contributed by atoms with van der Waals surface area (Å²) in [6.45, 7) is 2.54. The summed E-state index contributed by atoms with van der Waals surface area (Å²) in [5.74, 6) is -0.929. The van der Waals surface area contributed by atoms with E-state index in [1.54, 1.807) is 16.2 Å². The molecule has 1 amide bonds. The molecule has 0 aromatic carbocycles. The Morgan fingerprint density at radius 2 is 2.19 bits per heavy atom. The zero-order chi connectivity index (χ0) is 15.0. The van der Waals surface area contributed by atoms with Gasteiger partial charge in [-0.3, -0.25) is 4.79 Å². The van der Waals surface area contributed by atoms with Crippen molar-refractivity contribution in [2.45, 2.75) is 57.4 Å².